The van der Waals surface area contributed by atoms with Crippen LogP contribution < -0.4 is 9.47 Å². The summed E-state index contributed by atoms with van der Waals surface area (Å²) >= 11 is 0. The number of likely N-dealkylation sites (tertiary alicyclic amines) is 1. The van der Waals surface area contributed by atoms with E-state index in [1.807, 2.05) is 41.3 Å². The molecule has 0 aliphatic carbocycles. The van der Waals surface area contributed by atoms with Gasteiger partial charge in [-0.1, -0.05) is 43.7 Å². The highest BCUT2D eigenvalue weighted by molar-refractivity contribution is 5.79. The molecule has 206 valence electrons. The number of para-hydroxylation sites is 1. The van der Waals surface area contributed by atoms with Crippen LogP contribution in [-0.2, 0) is 22.4 Å². The lowest BCUT2D eigenvalue weighted by Gasteiger charge is -2.30. The Labute approximate surface area is 225 Å². The number of benzene rings is 2. The predicted octanol–water partition coefficient (Wildman–Crippen LogP) is 3.35. The van der Waals surface area contributed by atoms with Gasteiger partial charge >= 0.3 is 5.97 Å². The second kappa shape index (κ2) is 13.1. The SMILES string of the molecule is CCCCN(CCCO)C(=O)CN1CC(c2ccc3c(c2)CCO3)C(C(=O)O)C1Cc1ccccc1OC. The molecule has 2 aliphatic rings. The van der Waals surface area contributed by atoms with Crippen molar-refractivity contribution in [2.24, 2.45) is 5.92 Å². The van der Waals surface area contributed by atoms with Crippen LogP contribution >= 0.6 is 0 Å². The number of aliphatic carboxylic acids is 1. The third-order valence-electron chi connectivity index (χ3n) is 7.86. The van der Waals surface area contributed by atoms with Crippen molar-refractivity contribution in [1.82, 2.24) is 9.80 Å². The van der Waals surface area contributed by atoms with Gasteiger partial charge < -0.3 is 24.6 Å². The Bertz CT molecular complexity index is 1100. The van der Waals surface area contributed by atoms with Gasteiger partial charge in [-0.05, 0) is 48.1 Å². The van der Waals surface area contributed by atoms with Gasteiger partial charge in [0.05, 0.1) is 26.2 Å². The van der Waals surface area contributed by atoms with Gasteiger partial charge in [0.15, 0.2) is 0 Å². The molecule has 2 aromatic carbocycles. The van der Waals surface area contributed by atoms with E-state index in [1.54, 1.807) is 7.11 Å². The van der Waals surface area contributed by atoms with Crippen LogP contribution in [0.15, 0.2) is 42.5 Å². The summed E-state index contributed by atoms with van der Waals surface area (Å²) < 4.78 is 11.2. The Hall–Kier alpha value is -3.10. The summed E-state index contributed by atoms with van der Waals surface area (Å²) in [5.74, 6) is -0.240. The number of methoxy groups -OCH3 is 1. The number of hydrogen-bond donors (Lipinski definition) is 2. The average molecular weight is 525 g/mol. The smallest absolute Gasteiger partial charge is 0.308 e. The van der Waals surface area contributed by atoms with Crippen molar-refractivity contribution in [2.45, 2.75) is 51.0 Å². The van der Waals surface area contributed by atoms with Crippen molar-refractivity contribution in [3.05, 3.63) is 59.2 Å². The summed E-state index contributed by atoms with van der Waals surface area (Å²) in [5.41, 5.74) is 3.01. The van der Waals surface area contributed by atoms with Gasteiger partial charge in [0, 0.05) is 44.6 Å². The Morgan fingerprint density at radius 1 is 1.16 bits per heavy atom. The van der Waals surface area contributed by atoms with E-state index in [0.717, 1.165) is 41.7 Å². The standard InChI is InChI=1S/C30H40N2O6/c1-3-4-13-31(14-7-15-33)28(34)20-32-19-24(21-10-11-27-23(17-21)12-16-38-27)29(30(35)36)25(32)18-22-8-5-6-9-26(22)37-2/h5-6,8-11,17,24-25,29,33H,3-4,7,12-16,18-20H2,1-2H3,(H,35,36). The predicted molar refractivity (Wildman–Crippen MR) is 145 cm³/mol. The number of fused-ring (bicyclic) bond motifs is 1. The molecule has 3 unspecified atom stereocenters. The average Bonchev–Trinajstić information content (AvgIpc) is 3.53. The van der Waals surface area contributed by atoms with Crippen molar-refractivity contribution < 1.29 is 29.3 Å². The number of carboxylic acids is 1. The van der Waals surface area contributed by atoms with Gasteiger partial charge in [0.25, 0.3) is 0 Å². The van der Waals surface area contributed by atoms with Crippen LogP contribution in [0.3, 0.4) is 0 Å². The molecule has 2 aromatic rings. The summed E-state index contributed by atoms with van der Waals surface area (Å²) in [6.45, 7) is 4.51. The number of carboxylic acid groups (broad SMARTS) is 1. The van der Waals surface area contributed by atoms with E-state index in [2.05, 4.69) is 17.9 Å². The van der Waals surface area contributed by atoms with Crippen molar-refractivity contribution in [3.8, 4) is 11.5 Å². The highest BCUT2D eigenvalue weighted by atomic mass is 16.5. The van der Waals surface area contributed by atoms with Gasteiger partial charge in [-0.25, -0.2) is 0 Å². The van der Waals surface area contributed by atoms with E-state index in [-0.39, 0.29) is 31.0 Å². The largest absolute Gasteiger partial charge is 0.496 e. The molecule has 1 amide bonds. The second-order valence-corrected chi connectivity index (χ2v) is 10.3. The van der Waals surface area contributed by atoms with Crippen molar-refractivity contribution in [3.63, 3.8) is 0 Å². The molecule has 1 saturated heterocycles. The fraction of sp³-hybridized carbons (Fsp3) is 0.533. The third kappa shape index (κ3) is 6.30. The summed E-state index contributed by atoms with van der Waals surface area (Å²) in [6.07, 6.45) is 3.66. The van der Waals surface area contributed by atoms with E-state index in [9.17, 15) is 19.8 Å². The minimum absolute atomic E-state index is 0.0240. The molecule has 1 fully saturated rings. The van der Waals surface area contributed by atoms with Crippen LogP contribution in [0.2, 0.25) is 0 Å². The third-order valence-corrected chi connectivity index (χ3v) is 7.86. The number of amides is 1. The monoisotopic (exact) mass is 524 g/mol. The maximum Gasteiger partial charge on any atom is 0.308 e. The summed E-state index contributed by atoms with van der Waals surface area (Å²) in [5, 5.41) is 19.9. The molecule has 2 N–H and O–H groups in total. The molecule has 0 aromatic heterocycles. The summed E-state index contributed by atoms with van der Waals surface area (Å²) in [6, 6.07) is 13.3. The number of unbranched alkanes of at least 4 members (excludes halogenated alkanes) is 1. The van der Waals surface area contributed by atoms with Gasteiger partial charge in [-0.2, -0.15) is 0 Å². The summed E-state index contributed by atoms with van der Waals surface area (Å²) in [7, 11) is 1.62. The molecule has 2 aliphatic heterocycles. The molecule has 0 spiro atoms. The Morgan fingerprint density at radius 2 is 1.95 bits per heavy atom. The molecule has 0 saturated carbocycles. The zero-order valence-electron chi connectivity index (χ0n) is 22.5. The van der Waals surface area contributed by atoms with Gasteiger partial charge in [-0.15, -0.1) is 0 Å². The fourth-order valence-corrected chi connectivity index (χ4v) is 5.86. The number of hydrogen-bond acceptors (Lipinski definition) is 6. The zero-order chi connectivity index (χ0) is 27.1. The fourth-order valence-electron chi connectivity index (χ4n) is 5.86. The van der Waals surface area contributed by atoms with E-state index in [0.29, 0.717) is 44.8 Å². The van der Waals surface area contributed by atoms with Gasteiger partial charge in [-0.3, -0.25) is 14.5 Å². The van der Waals surface area contributed by atoms with Crippen LogP contribution in [-0.4, -0.2) is 84.4 Å². The van der Waals surface area contributed by atoms with Crippen LogP contribution in [0.5, 0.6) is 11.5 Å². The maximum absolute atomic E-state index is 13.5. The van der Waals surface area contributed by atoms with Crippen molar-refractivity contribution in [1.29, 1.82) is 0 Å². The van der Waals surface area contributed by atoms with Crippen LogP contribution in [0, 0.1) is 5.92 Å². The van der Waals surface area contributed by atoms with E-state index >= 15 is 0 Å². The van der Waals surface area contributed by atoms with Crippen molar-refractivity contribution in [2.75, 3.05) is 46.5 Å². The molecule has 2 heterocycles. The molecule has 0 bridgehead atoms. The molecule has 8 heteroatoms. The van der Waals surface area contributed by atoms with Gasteiger partial charge in [0.1, 0.15) is 11.5 Å². The highest BCUT2D eigenvalue weighted by Crippen LogP contribution is 2.41. The van der Waals surface area contributed by atoms with E-state index in [4.69, 9.17) is 9.47 Å². The molecular weight excluding hydrogens is 484 g/mol. The van der Waals surface area contributed by atoms with Crippen molar-refractivity contribution >= 4 is 11.9 Å². The lowest BCUT2D eigenvalue weighted by Crippen LogP contribution is -2.45. The highest BCUT2D eigenvalue weighted by Gasteiger charge is 2.47. The first-order valence-corrected chi connectivity index (χ1v) is 13.7. The Kier molecular flexibility index (Phi) is 9.63. The number of carbonyl (C=O) groups is 2. The number of carbonyl (C=O) groups excluding carboxylic acids is 1. The van der Waals surface area contributed by atoms with Crippen LogP contribution in [0.4, 0.5) is 0 Å². The molecular formula is C30H40N2O6. The minimum atomic E-state index is -0.857. The number of rotatable bonds is 13. The summed E-state index contributed by atoms with van der Waals surface area (Å²) in [4.78, 5) is 30.2. The molecule has 0 radical (unpaired) electrons. The maximum atomic E-state index is 13.5. The Balaban J connectivity index is 1.66. The first kappa shape index (κ1) is 27.9. The number of nitrogens with zero attached hydrogens (tertiary/aromatic N) is 2. The van der Waals surface area contributed by atoms with E-state index in [1.165, 1.54) is 0 Å². The first-order chi connectivity index (χ1) is 18.5. The number of ether oxygens (including phenoxy) is 2. The number of aliphatic hydroxyl groups excluding tert-OH is 1. The first-order valence-electron chi connectivity index (χ1n) is 13.7. The lowest BCUT2D eigenvalue weighted by molar-refractivity contribution is -0.143. The topological polar surface area (TPSA) is 99.5 Å². The molecule has 3 atom stereocenters. The molecule has 8 nitrogen and oxygen atoms in total. The quantitative estimate of drug-likeness (QED) is 0.415. The van der Waals surface area contributed by atoms with Crippen LogP contribution in [0.1, 0.15) is 48.8 Å². The lowest BCUT2D eigenvalue weighted by atomic mass is 9.82. The Morgan fingerprint density at radius 3 is 2.68 bits per heavy atom. The number of aliphatic hydroxyl groups is 1. The second-order valence-electron chi connectivity index (χ2n) is 10.3. The van der Waals surface area contributed by atoms with E-state index < -0.39 is 11.9 Å². The zero-order valence-corrected chi connectivity index (χ0v) is 22.5. The molecule has 4 rings (SSSR count). The normalized spacial score (nSPS) is 20.7. The van der Waals surface area contributed by atoms with Crippen LogP contribution in [0.25, 0.3) is 0 Å². The molecule has 38 heavy (non-hydrogen) atoms. The van der Waals surface area contributed by atoms with Gasteiger partial charge in [0.2, 0.25) is 5.91 Å². The minimum Gasteiger partial charge on any atom is -0.496 e.